The summed E-state index contributed by atoms with van der Waals surface area (Å²) in [6, 6.07) is 2.92. The minimum atomic E-state index is -0.351. The second-order valence-electron chi connectivity index (χ2n) is 4.13. The smallest absolute Gasteiger partial charge is 0.323 e. The van der Waals surface area contributed by atoms with Crippen LogP contribution in [0.15, 0.2) is 18.3 Å². The van der Waals surface area contributed by atoms with Crippen LogP contribution in [-0.2, 0) is 16.1 Å². The molecule has 0 bridgehead atoms. The number of nitrogens with zero attached hydrogens (tertiary/aromatic N) is 1. The van der Waals surface area contributed by atoms with Gasteiger partial charge in [0.1, 0.15) is 11.8 Å². The van der Waals surface area contributed by atoms with Crippen molar-refractivity contribution in [1.82, 2.24) is 10.3 Å². The third kappa shape index (κ3) is 4.03. The number of methoxy groups -OCH3 is 1. The summed E-state index contributed by atoms with van der Waals surface area (Å²) in [7, 11) is 1.37. The number of carbonyl (C=O) groups is 1. The molecule has 0 aliphatic heterocycles. The molecule has 0 spiro atoms. The maximum Gasteiger partial charge on any atom is 0.323 e. The highest BCUT2D eigenvalue weighted by atomic mass is 16.5. The van der Waals surface area contributed by atoms with E-state index in [4.69, 9.17) is 9.84 Å². The van der Waals surface area contributed by atoms with E-state index in [0.29, 0.717) is 6.54 Å². The molecule has 94 valence electrons. The Morgan fingerprint density at radius 3 is 2.71 bits per heavy atom. The van der Waals surface area contributed by atoms with E-state index in [9.17, 15) is 4.79 Å². The molecule has 1 aromatic rings. The van der Waals surface area contributed by atoms with E-state index >= 15 is 0 Å². The van der Waals surface area contributed by atoms with Gasteiger partial charge in [-0.2, -0.15) is 0 Å². The van der Waals surface area contributed by atoms with E-state index in [1.54, 1.807) is 12.1 Å². The summed E-state index contributed by atoms with van der Waals surface area (Å²) >= 11 is 0. The number of carbonyl (C=O) groups excluding carboxylic acids is 1. The molecule has 1 rings (SSSR count). The van der Waals surface area contributed by atoms with Crippen LogP contribution in [-0.4, -0.2) is 29.2 Å². The van der Waals surface area contributed by atoms with Crippen LogP contribution in [0.2, 0.25) is 0 Å². The molecule has 0 amide bonds. The minimum absolute atomic E-state index is 0.127. The number of ether oxygens (including phenoxy) is 1. The summed E-state index contributed by atoms with van der Waals surface area (Å²) in [5.74, 6) is -0.0135. The summed E-state index contributed by atoms with van der Waals surface area (Å²) in [6.07, 6.45) is 1.37. The van der Waals surface area contributed by atoms with E-state index in [1.807, 2.05) is 13.8 Å². The number of nitrogens with one attached hydrogen (secondary N) is 1. The Hall–Kier alpha value is -1.62. The second kappa shape index (κ2) is 6.20. The highest BCUT2D eigenvalue weighted by molar-refractivity contribution is 5.75. The van der Waals surface area contributed by atoms with Crippen molar-refractivity contribution in [3.63, 3.8) is 0 Å². The first-order valence-corrected chi connectivity index (χ1v) is 5.49. The van der Waals surface area contributed by atoms with Gasteiger partial charge in [0.15, 0.2) is 0 Å². The summed E-state index contributed by atoms with van der Waals surface area (Å²) in [6.45, 7) is 4.34. The topological polar surface area (TPSA) is 71.5 Å². The molecule has 0 aliphatic rings. The van der Waals surface area contributed by atoms with Gasteiger partial charge in [0.05, 0.1) is 19.0 Å². The highest BCUT2D eigenvalue weighted by Gasteiger charge is 2.22. The third-order valence-corrected chi connectivity index (χ3v) is 2.43. The fraction of sp³-hybridized carbons (Fsp3) is 0.500. The Bertz CT molecular complexity index is 363. The van der Waals surface area contributed by atoms with Gasteiger partial charge in [0.2, 0.25) is 0 Å². The molecule has 2 N–H and O–H groups in total. The average molecular weight is 238 g/mol. The number of esters is 1. The van der Waals surface area contributed by atoms with Gasteiger partial charge in [-0.25, -0.2) is 0 Å². The summed E-state index contributed by atoms with van der Waals surface area (Å²) in [4.78, 5) is 15.5. The molecular weight excluding hydrogens is 220 g/mol. The standard InChI is InChI=1S/C12H18N2O3/c1-8(2)11(12(16)17-3)14-6-9-4-5-10(15)7-13-9/h4-5,7-8,11,14-15H,6H2,1-3H3/t11-/m0/s1. The van der Waals surface area contributed by atoms with Crippen molar-refractivity contribution in [3.05, 3.63) is 24.0 Å². The van der Waals surface area contributed by atoms with Crippen LogP contribution >= 0.6 is 0 Å². The average Bonchev–Trinajstić information content (AvgIpc) is 2.31. The zero-order valence-corrected chi connectivity index (χ0v) is 10.3. The summed E-state index contributed by atoms with van der Waals surface area (Å²) in [5, 5.41) is 12.2. The van der Waals surface area contributed by atoms with Gasteiger partial charge in [0, 0.05) is 6.54 Å². The summed E-state index contributed by atoms with van der Waals surface area (Å²) in [5.41, 5.74) is 0.761. The van der Waals surface area contributed by atoms with Crippen molar-refractivity contribution in [2.75, 3.05) is 7.11 Å². The van der Waals surface area contributed by atoms with Gasteiger partial charge < -0.3 is 9.84 Å². The molecule has 0 aliphatic carbocycles. The molecule has 0 aromatic carbocycles. The lowest BCUT2D eigenvalue weighted by molar-refractivity contribution is -0.144. The Labute approximate surface area is 101 Å². The number of aromatic nitrogens is 1. The second-order valence-corrected chi connectivity index (χ2v) is 4.13. The molecule has 0 unspecified atom stereocenters. The van der Waals surface area contributed by atoms with Gasteiger partial charge >= 0.3 is 5.97 Å². The quantitative estimate of drug-likeness (QED) is 0.751. The van der Waals surface area contributed by atoms with Crippen molar-refractivity contribution in [2.24, 2.45) is 5.92 Å². The maximum atomic E-state index is 11.5. The van der Waals surface area contributed by atoms with Crippen LogP contribution in [0.1, 0.15) is 19.5 Å². The van der Waals surface area contributed by atoms with Crippen LogP contribution in [0, 0.1) is 5.92 Å². The van der Waals surface area contributed by atoms with Crippen molar-refractivity contribution in [1.29, 1.82) is 0 Å². The Balaban J connectivity index is 2.58. The molecule has 0 saturated carbocycles. The van der Waals surface area contributed by atoms with Crippen molar-refractivity contribution in [2.45, 2.75) is 26.4 Å². The lowest BCUT2D eigenvalue weighted by Crippen LogP contribution is -2.41. The molecule has 1 aromatic heterocycles. The summed E-state index contributed by atoms with van der Waals surface area (Å²) < 4.78 is 4.72. The van der Waals surface area contributed by atoms with Crippen LogP contribution in [0.4, 0.5) is 0 Å². The molecule has 0 saturated heterocycles. The van der Waals surface area contributed by atoms with Crippen molar-refractivity contribution < 1.29 is 14.6 Å². The Morgan fingerprint density at radius 2 is 2.24 bits per heavy atom. The SMILES string of the molecule is COC(=O)[C@@H](NCc1ccc(O)cn1)C(C)C. The van der Waals surface area contributed by atoms with Crippen LogP contribution in [0.25, 0.3) is 0 Å². The molecule has 0 fully saturated rings. The molecular formula is C12H18N2O3. The van der Waals surface area contributed by atoms with E-state index < -0.39 is 0 Å². The normalized spacial score (nSPS) is 12.5. The molecule has 1 atom stereocenters. The molecule has 0 radical (unpaired) electrons. The lowest BCUT2D eigenvalue weighted by Gasteiger charge is -2.19. The Morgan fingerprint density at radius 1 is 1.53 bits per heavy atom. The zero-order chi connectivity index (χ0) is 12.8. The van der Waals surface area contributed by atoms with Crippen LogP contribution < -0.4 is 5.32 Å². The first-order valence-electron chi connectivity index (χ1n) is 5.49. The fourth-order valence-electron chi connectivity index (χ4n) is 1.45. The first kappa shape index (κ1) is 13.4. The highest BCUT2D eigenvalue weighted by Crippen LogP contribution is 2.08. The Kier molecular flexibility index (Phi) is 4.90. The molecule has 17 heavy (non-hydrogen) atoms. The zero-order valence-electron chi connectivity index (χ0n) is 10.3. The van der Waals surface area contributed by atoms with E-state index in [2.05, 4.69) is 10.3 Å². The van der Waals surface area contributed by atoms with Crippen LogP contribution in [0.5, 0.6) is 5.75 Å². The minimum Gasteiger partial charge on any atom is -0.506 e. The number of aromatic hydroxyl groups is 1. The maximum absolute atomic E-state index is 11.5. The first-order chi connectivity index (χ1) is 8.04. The van der Waals surface area contributed by atoms with Gasteiger partial charge in [-0.1, -0.05) is 13.8 Å². The van der Waals surface area contributed by atoms with Crippen LogP contribution in [0.3, 0.4) is 0 Å². The van der Waals surface area contributed by atoms with Gasteiger partial charge in [0.25, 0.3) is 0 Å². The number of rotatable bonds is 5. The number of pyridine rings is 1. The predicted octanol–water partition coefficient (Wildman–Crippen LogP) is 1.07. The largest absolute Gasteiger partial charge is 0.506 e. The lowest BCUT2D eigenvalue weighted by atomic mass is 10.0. The van der Waals surface area contributed by atoms with Crippen molar-refractivity contribution in [3.8, 4) is 5.75 Å². The monoisotopic (exact) mass is 238 g/mol. The van der Waals surface area contributed by atoms with Crippen molar-refractivity contribution >= 4 is 5.97 Å². The van der Waals surface area contributed by atoms with Gasteiger partial charge in [-0.05, 0) is 18.1 Å². The van der Waals surface area contributed by atoms with Gasteiger partial charge in [-0.15, -0.1) is 0 Å². The third-order valence-electron chi connectivity index (χ3n) is 2.43. The number of hydrogen-bond donors (Lipinski definition) is 2. The van der Waals surface area contributed by atoms with E-state index in [1.165, 1.54) is 13.3 Å². The predicted molar refractivity (Wildman–Crippen MR) is 63.4 cm³/mol. The number of hydrogen-bond acceptors (Lipinski definition) is 5. The van der Waals surface area contributed by atoms with E-state index in [0.717, 1.165) is 5.69 Å². The molecule has 5 heteroatoms. The fourth-order valence-corrected chi connectivity index (χ4v) is 1.45. The van der Waals surface area contributed by atoms with E-state index in [-0.39, 0.29) is 23.7 Å². The van der Waals surface area contributed by atoms with Gasteiger partial charge in [-0.3, -0.25) is 15.1 Å². The molecule has 1 heterocycles. The molecule has 5 nitrogen and oxygen atoms in total.